The minimum Gasteiger partial charge on any atom is -0.379 e. The molecule has 2 aliphatic rings. The number of carbonyl (C=O) groups is 1. The molecule has 0 unspecified atom stereocenters. The van der Waals surface area contributed by atoms with Crippen molar-refractivity contribution in [3.8, 4) is 0 Å². The van der Waals surface area contributed by atoms with Crippen molar-refractivity contribution in [2.24, 2.45) is 0 Å². The second-order valence-corrected chi connectivity index (χ2v) is 9.61. The lowest BCUT2D eigenvalue weighted by Gasteiger charge is -2.28. The normalized spacial score (nSPS) is 16.6. The van der Waals surface area contributed by atoms with Gasteiger partial charge in [0.25, 0.3) is 0 Å². The first-order valence-corrected chi connectivity index (χ1v) is 12.5. The summed E-state index contributed by atoms with van der Waals surface area (Å²) in [5.41, 5.74) is 3.64. The number of carbonyl (C=O) groups excluding carboxylic acids is 1. The van der Waals surface area contributed by atoms with Crippen molar-refractivity contribution in [1.29, 1.82) is 0 Å². The number of aryl methyl sites for hydroxylation is 1. The molecular formula is C23H29ClN4O3S. The van der Waals surface area contributed by atoms with Gasteiger partial charge in [-0.15, -0.1) is 0 Å². The molecule has 1 saturated heterocycles. The second kappa shape index (κ2) is 10.8. The highest BCUT2D eigenvalue weighted by Crippen LogP contribution is 2.29. The van der Waals surface area contributed by atoms with E-state index in [1.165, 1.54) is 11.8 Å². The van der Waals surface area contributed by atoms with Crippen molar-refractivity contribution < 1.29 is 9.53 Å². The number of ether oxygens (including phenoxy) is 1. The van der Waals surface area contributed by atoms with Crippen LogP contribution in [0.3, 0.4) is 0 Å². The molecular weight excluding hydrogens is 448 g/mol. The minimum atomic E-state index is -0.216. The quantitative estimate of drug-likeness (QED) is 0.488. The molecule has 4 rings (SSSR count). The Kier molecular flexibility index (Phi) is 7.88. The van der Waals surface area contributed by atoms with E-state index in [2.05, 4.69) is 15.2 Å². The first-order chi connectivity index (χ1) is 15.5. The molecule has 7 nitrogen and oxygen atoms in total. The predicted molar refractivity (Wildman–Crippen MR) is 128 cm³/mol. The lowest BCUT2D eigenvalue weighted by atomic mass is 9.97. The fraction of sp³-hybridized carbons (Fsp3) is 0.522. The monoisotopic (exact) mass is 476 g/mol. The summed E-state index contributed by atoms with van der Waals surface area (Å²) < 4.78 is 7.26. The van der Waals surface area contributed by atoms with Crippen molar-refractivity contribution in [3.05, 3.63) is 50.5 Å². The molecule has 0 spiro atoms. The summed E-state index contributed by atoms with van der Waals surface area (Å²) in [6, 6.07) is 5.45. The zero-order chi connectivity index (χ0) is 22.5. The third kappa shape index (κ3) is 5.73. The maximum Gasteiger partial charge on any atom is 0.348 e. The first kappa shape index (κ1) is 23.3. The highest BCUT2D eigenvalue weighted by molar-refractivity contribution is 8.00. The van der Waals surface area contributed by atoms with Gasteiger partial charge >= 0.3 is 5.69 Å². The number of benzene rings is 1. The summed E-state index contributed by atoms with van der Waals surface area (Å²) in [6.07, 6.45) is 3.94. The minimum absolute atomic E-state index is 0.141. The molecule has 0 bridgehead atoms. The van der Waals surface area contributed by atoms with E-state index in [0.717, 1.165) is 75.4 Å². The van der Waals surface area contributed by atoms with Crippen LogP contribution in [0, 0.1) is 6.92 Å². The summed E-state index contributed by atoms with van der Waals surface area (Å²) >= 11 is 7.49. The van der Waals surface area contributed by atoms with Gasteiger partial charge in [0.05, 0.1) is 19.0 Å². The molecule has 0 saturated carbocycles. The molecule has 0 atom stereocenters. The maximum atomic E-state index is 12.9. The fourth-order valence-corrected chi connectivity index (χ4v) is 5.22. The van der Waals surface area contributed by atoms with Gasteiger partial charge in [-0.1, -0.05) is 29.4 Å². The molecule has 1 N–H and O–H groups in total. The molecule has 1 aliphatic heterocycles. The number of thioether (sulfide) groups is 1. The van der Waals surface area contributed by atoms with E-state index < -0.39 is 0 Å². The van der Waals surface area contributed by atoms with E-state index in [0.29, 0.717) is 22.3 Å². The van der Waals surface area contributed by atoms with Crippen LogP contribution >= 0.6 is 23.4 Å². The van der Waals surface area contributed by atoms with Crippen LogP contribution in [0.1, 0.15) is 29.7 Å². The van der Waals surface area contributed by atoms with Gasteiger partial charge in [0.2, 0.25) is 5.91 Å². The van der Waals surface area contributed by atoms with E-state index in [9.17, 15) is 9.59 Å². The Balaban J connectivity index is 1.44. The van der Waals surface area contributed by atoms with Crippen LogP contribution in [0.2, 0.25) is 5.02 Å². The average molecular weight is 477 g/mol. The first-order valence-electron chi connectivity index (χ1n) is 11.1. The number of anilines is 1. The number of rotatable bonds is 7. The Bertz CT molecular complexity index is 1040. The topological polar surface area (TPSA) is 76.5 Å². The van der Waals surface area contributed by atoms with Crippen LogP contribution in [0.25, 0.3) is 0 Å². The summed E-state index contributed by atoms with van der Waals surface area (Å²) in [5.74, 6) is 0.0556. The average Bonchev–Trinajstić information content (AvgIpc) is 2.80. The zero-order valence-electron chi connectivity index (χ0n) is 18.4. The highest BCUT2D eigenvalue weighted by Gasteiger charge is 2.22. The summed E-state index contributed by atoms with van der Waals surface area (Å²) in [5, 5.41) is 4.19. The van der Waals surface area contributed by atoms with Gasteiger partial charge in [-0.2, -0.15) is 4.98 Å². The molecule has 1 aliphatic carbocycles. The van der Waals surface area contributed by atoms with Gasteiger partial charge in [-0.25, -0.2) is 4.79 Å². The van der Waals surface area contributed by atoms with Crippen LogP contribution in [0.15, 0.2) is 28.0 Å². The molecule has 172 valence electrons. The molecule has 2 aromatic rings. The summed E-state index contributed by atoms with van der Waals surface area (Å²) in [6.45, 7) is 6.69. The summed E-state index contributed by atoms with van der Waals surface area (Å²) in [4.78, 5) is 32.1. The number of morpholine rings is 1. The molecule has 1 amide bonds. The molecule has 1 aromatic carbocycles. The lowest BCUT2D eigenvalue weighted by molar-refractivity contribution is -0.113. The Hall–Kier alpha value is -1.87. The Morgan fingerprint density at radius 2 is 2.00 bits per heavy atom. The van der Waals surface area contributed by atoms with Gasteiger partial charge in [0.1, 0.15) is 5.03 Å². The van der Waals surface area contributed by atoms with E-state index in [4.69, 9.17) is 16.3 Å². The smallest absolute Gasteiger partial charge is 0.348 e. The molecule has 2 heterocycles. The Morgan fingerprint density at radius 3 is 2.78 bits per heavy atom. The highest BCUT2D eigenvalue weighted by atomic mass is 35.5. The van der Waals surface area contributed by atoms with E-state index >= 15 is 0 Å². The van der Waals surface area contributed by atoms with Gasteiger partial charge in [-0.05, 0) is 50.3 Å². The van der Waals surface area contributed by atoms with Crippen molar-refractivity contribution in [1.82, 2.24) is 14.5 Å². The number of nitrogens with one attached hydrogen (secondary N) is 1. The van der Waals surface area contributed by atoms with Crippen molar-refractivity contribution in [2.45, 2.75) is 44.2 Å². The second-order valence-electron chi connectivity index (χ2n) is 8.24. The molecule has 1 aromatic heterocycles. The number of hydrogen-bond acceptors (Lipinski definition) is 6. The van der Waals surface area contributed by atoms with Crippen LogP contribution < -0.4 is 11.0 Å². The Morgan fingerprint density at radius 1 is 1.22 bits per heavy atom. The van der Waals surface area contributed by atoms with E-state index in [1.807, 2.05) is 23.6 Å². The molecule has 9 heteroatoms. The fourth-order valence-electron chi connectivity index (χ4n) is 4.17. The van der Waals surface area contributed by atoms with Crippen LogP contribution in [-0.4, -0.2) is 59.0 Å². The van der Waals surface area contributed by atoms with Gasteiger partial charge in [0, 0.05) is 48.1 Å². The SMILES string of the molecule is Cc1ccc(NC(=O)CSc2nc(=O)n(CCN3CCOCC3)c3c2CCCC3)cc1Cl. The van der Waals surface area contributed by atoms with Crippen LogP contribution in [-0.2, 0) is 28.9 Å². The zero-order valence-corrected chi connectivity index (χ0v) is 19.9. The third-order valence-electron chi connectivity index (χ3n) is 5.99. The number of amides is 1. The lowest BCUT2D eigenvalue weighted by Crippen LogP contribution is -2.40. The predicted octanol–water partition coefficient (Wildman–Crippen LogP) is 3.15. The molecule has 32 heavy (non-hydrogen) atoms. The molecule has 1 fully saturated rings. The van der Waals surface area contributed by atoms with Crippen LogP contribution in [0.4, 0.5) is 5.69 Å². The summed E-state index contributed by atoms with van der Waals surface area (Å²) in [7, 11) is 0. The third-order valence-corrected chi connectivity index (χ3v) is 7.41. The number of fused-ring (bicyclic) bond motifs is 1. The largest absolute Gasteiger partial charge is 0.379 e. The van der Waals surface area contributed by atoms with Gasteiger partial charge in [-0.3, -0.25) is 14.3 Å². The van der Waals surface area contributed by atoms with Crippen molar-refractivity contribution in [2.75, 3.05) is 43.9 Å². The maximum absolute atomic E-state index is 12.9. The van der Waals surface area contributed by atoms with Crippen molar-refractivity contribution >= 4 is 35.0 Å². The Labute approximate surface area is 197 Å². The van der Waals surface area contributed by atoms with Gasteiger partial charge < -0.3 is 10.1 Å². The van der Waals surface area contributed by atoms with Crippen LogP contribution in [0.5, 0.6) is 0 Å². The number of halogens is 1. The molecule has 0 radical (unpaired) electrons. The number of nitrogens with zero attached hydrogens (tertiary/aromatic N) is 3. The standard InChI is InChI=1S/C23H29ClN4O3S/c1-16-6-7-17(14-19(16)24)25-21(29)15-32-22-18-4-2-3-5-20(18)28(23(30)26-22)9-8-27-10-12-31-13-11-27/h6-7,14H,2-5,8-13,15H2,1H3,(H,25,29). The number of aromatic nitrogens is 2. The van der Waals surface area contributed by atoms with E-state index in [-0.39, 0.29) is 17.3 Å². The van der Waals surface area contributed by atoms with Crippen molar-refractivity contribution in [3.63, 3.8) is 0 Å². The number of hydrogen-bond donors (Lipinski definition) is 1. The van der Waals surface area contributed by atoms with E-state index in [1.54, 1.807) is 6.07 Å². The van der Waals surface area contributed by atoms with Gasteiger partial charge in [0.15, 0.2) is 0 Å².